The number of rotatable bonds is 4. The molecule has 36 heavy (non-hydrogen) atoms. The number of aromatic nitrogens is 2. The van der Waals surface area contributed by atoms with E-state index in [0.717, 1.165) is 35.9 Å². The summed E-state index contributed by atoms with van der Waals surface area (Å²) in [6.45, 7) is 4.56. The third kappa shape index (κ3) is 3.54. The molecule has 2 atom stereocenters. The fraction of sp³-hybridized carbons (Fsp3) is 0.393. The molecular weight excluding hydrogens is 456 g/mol. The van der Waals surface area contributed by atoms with Gasteiger partial charge in [-0.1, -0.05) is 12.8 Å². The first-order valence-corrected chi connectivity index (χ1v) is 12.7. The molecule has 4 aromatic rings. The summed E-state index contributed by atoms with van der Waals surface area (Å²) in [4.78, 5) is 28.0. The molecule has 0 unspecified atom stereocenters. The van der Waals surface area contributed by atoms with Gasteiger partial charge >= 0.3 is 0 Å². The number of nitrogens with one attached hydrogen (secondary N) is 1. The first kappa shape index (κ1) is 22.6. The second kappa shape index (κ2) is 8.69. The van der Waals surface area contributed by atoms with Gasteiger partial charge in [-0.05, 0) is 56.7 Å². The Hall–Kier alpha value is -3.81. The van der Waals surface area contributed by atoms with E-state index in [1.807, 2.05) is 25.3 Å². The largest absolute Gasteiger partial charge is 0.460 e. The summed E-state index contributed by atoms with van der Waals surface area (Å²) in [5.41, 5.74) is 3.41. The Kier molecular flexibility index (Phi) is 5.47. The van der Waals surface area contributed by atoms with Crippen molar-refractivity contribution in [2.45, 2.75) is 52.0 Å². The second-order valence-corrected chi connectivity index (χ2v) is 9.93. The topological polar surface area (TPSA) is 89.1 Å². The van der Waals surface area contributed by atoms with Crippen LogP contribution in [0.1, 0.15) is 64.1 Å². The Labute approximate surface area is 209 Å². The van der Waals surface area contributed by atoms with Gasteiger partial charge in [-0.3, -0.25) is 9.59 Å². The minimum absolute atomic E-state index is 0.0903. The third-order valence-electron chi connectivity index (χ3n) is 7.91. The molecule has 1 saturated carbocycles. The maximum atomic E-state index is 13.6. The number of furan rings is 1. The predicted octanol–water partition coefficient (Wildman–Crippen LogP) is 5.25. The van der Waals surface area contributed by atoms with Gasteiger partial charge in [-0.15, -0.1) is 0 Å². The van der Waals surface area contributed by atoms with Gasteiger partial charge in [0, 0.05) is 43.4 Å². The van der Waals surface area contributed by atoms with Gasteiger partial charge in [0.25, 0.3) is 11.8 Å². The average molecular weight is 487 g/mol. The van der Waals surface area contributed by atoms with E-state index in [4.69, 9.17) is 9.15 Å². The summed E-state index contributed by atoms with van der Waals surface area (Å²) < 4.78 is 13.8. The highest BCUT2D eigenvalue weighted by molar-refractivity contribution is 6.07. The normalized spacial score (nSPS) is 19.6. The van der Waals surface area contributed by atoms with E-state index < -0.39 is 0 Å². The van der Waals surface area contributed by atoms with Gasteiger partial charge in [0.2, 0.25) is 0 Å². The van der Waals surface area contributed by atoms with Crippen molar-refractivity contribution in [2.75, 3.05) is 13.6 Å². The van der Waals surface area contributed by atoms with Gasteiger partial charge in [0.05, 0.1) is 17.3 Å². The Morgan fingerprint density at radius 3 is 2.81 bits per heavy atom. The highest BCUT2D eigenvalue weighted by Crippen LogP contribution is 2.38. The second-order valence-electron chi connectivity index (χ2n) is 9.93. The van der Waals surface area contributed by atoms with Crippen LogP contribution in [0.3, 0.4) is 0 Å². The van der Waals surface area contributed by atoms with E-state index in [1.165, 1.54) is 19.3 Å². The van der Waals surface area contributed by atoms with Crippen LogP contribution in [0.2, 0.25) is 0 Å². The highest BCUT2D eigenvalue weighted by Gasteiger charge is 2.39. The molecule has 186 valence electrons. The molecule has 1 aromatic carbocycles. The molecule has 4 heterocycles. The van der Waals surface area contributed by atoms with Crippen LogP contribution in [-0.4, -0.2) is 46.0 Å². The number of aryl methyl sites for hydroxylation is 2. The van der Waals surface area contributed by atoms with Gasteiger partial charge in [0.15, 0.2) is 5.75 Å². The summed E-state index contributed by atoms with van der Waals surface area (Å²) in [6.07, 6.45) is 9.41. The van der Waals surface area contributed by atoms with E-state index in [2.05, 4.69) is 15.3 Å². The zero-order valence-corrected chi connectivity index (χ0v) is 20.8. The number of ether oxygens (including phenoxy) is 1. The lowest BCUT2D eigenvalue weighted by Crippen LogP contribution is -2.39. The molecule has 2 fully saturated rings. The Balaban J connectivity index is 1.33. The van der Waals surface area contributed by atoms with Crippen molar-refractivity contribution in [1.29, 1.82) is 0 Å². The molecule has 1 aliphatic carbocycles. The average Bonchev–Trinajstić information content (AvgIpc) is 3.56. The number of nitrogens with zero attached hydrogens (tertiary/aromatic N) is 3. The van der Waals surface area contributed by atoms with E-state index in [9.17, 15) is 9.59 Å². The van der Waals surface area contributed by atoms with Crippen LogP contribution in [0.15, 0.2) is 41.1 Å². The van der Waals surface area contributed by atoms with Crippen molar-refractivity contribution in [2.24, 2.45) is 5.92 Å². The Bertz CT molecular complexity index is 1500. The van der Waals surface area contributed by atoms with Gasteiger partial charge in [0.1, 0.15) is 22.6 Å². The summed E-state index contributed by atoms with van der Waals surface area (Å²) in [5.74, 6) is 2.28. The SMILES string of the molecule is CNC(=O)c1c(C)oc2cc(Oc3ccnn4cc(C(=O)N5CC[C@@H]6CCCC[C@@H]65)c(C)c34)ccc12. The van der Waals surface area contributed by atoms with E-state index in [-0.39, 0.29) is 11.8 Å². The Morgan fingerprint density at radius 1 is 1.14 bits per heavy atom. The molecule has 8 nitrogen and oxygen atoms in total. The smallest absolute Gasteiger partial charge is 0.256 e. The molecule has 1 N–H and O–H groups in total. The minimum Gasteiger partial charge on any atom is -0.460 e. The van der Waals surface area contributed by atoms with Crippen LogP contribution < -0.4 is 10.1 Å². The predicted molar refractivity (Wildman–Crippen MR) is 136 cm³/mol. The number of hydrogen-bond acceptors (Lipinski definition) is 5. The van der Waals surface area contributed by atoms with Gasteiger partial charge in [-0.2, -0.15) is 5.10 Å². The molecule has 2 aliphatic rings. The van der Waals surface area contributed by atoms with Crippen molar-refractivity contribution in [3.8, 4) is 11.5 Å². The lowest BCUT2D eigenvalue weighted by Gasteiger charge is -2.31. The fourth-order valence-corrected chi connectivity index (χ4v) is 6.13. The molecule has 8 heteroatoms. The van der Waals surface area contributed by atoms with Crippen molar-refractivity contribution in [3.63, 3.8) is 0 Å². The zero-order valence-electron chi connectivity index (χ0n) is 20.8. The van der Waals surface area contributed by atoms with Crippen LogP contribution in [0.5, 0.6) is 11.5 Å². The van der Waals surface area contributed by atoms with Crippen molar-refractivity contribution >= 4 is 28.3 Å². The molecule has 1 saturated heterocycles. The molecule has 0 radical (unpaired) electrons. The summed E-state index contributed by atoms with van der Waals surface area (Å²) in [7, 11) is 1.60. The molecule has 2 amide bonds. The van der Waals surface area contributed by atoms with Crippen molar-refractivity contribution in [3.05, 3.63) is 59.1 Å². The molecule has 0 bridgehead atoms. The van der Waals surface area contributed by atoms with Crippen LogP contribution >= 0.6 is 0 Å². The van der Waals surface area contributed by atoms with E-state index in [0.29, 0.717) is 45.9 Å². The molecule has 1 aliphatic heterocycles. The quantitative estimate of drug-likeness (QED) is 0.425. The third-order valence-corrected chi connectivity index (χ3v) is 7.91. The lowest BCUT2D eigenvalue weighted by molar-refractivity contribution is 0.0689. The zero-order chi connectivity index (χ0) is 25.0. The summed E-state index contributed by atoms with van der Waals surface area (Å²) in [5, 5.41) is 7.84. The van der Waals surface area contributed by atoms with Crippen LogP contribution in [0.25, 0.3) is 16.5 Å². The first-order chi connectivity index (χ1) is 17.5. The first-order valence-electron chi connectivity index (χ1n) is 12.7. The van der Waals surface area contributed by atoms with Crippen LogP contribution in [0.4, 0.5) is 0 Å². The fourth-order valence-electron chi connectivity index (χ4n) is 6.13. The maximum absolute atomic E-state index is 13.6. The lowest BCUT2D eigenvalue weighted by atomic mass is 9.85. The van der Waals surface area contributed by atoms with Crippen molar-refractivity contribution in [1.82, 2.24) is 19.8 Å². The van der Waals surface area contributed by atoms with Crippen molar-refractivity contribution < 1.29 is 18.7 Å². The number of hydrogen-bond donors (Lipinski definition) is 1. The van der Waals surface area contributed by atoms with Gasteiger partial charge in [-0.25, -0.2) is 4.52 Å². The minimum atomic E-state index is -0.186. The standard InChI is InChI=1S/C28H30N4O4/c1-16-21(28(34)31-13-11-18-6-4-5-7-22(18)31)15-32-26(16)23(10-12-30-32)36-19-8-9-20-24(14-19)35-17(2)25(20)27(33)29-3/h8-10,12,14-15,18,22H,4-7,11,13H2,1-3H3,(H,29,33)/t18-,22-/m0/s1. The molecule has 0 spiro atoms. The molecular formula is C28H30N4O4. The molecule has 6 rings (SSSR count). The number of likely N-dealkylation sites (tertiary alicyclic amines) is 1. The monoisotopic (exact) mass is 486 g/mol. The van der Waals surface area contributed by atoms with E-state index >= 15 is 0 Å². The highest BCUT2D eigenvalue weighted by atomic mass is 16.5. The van der Waals surface area contributed by atoms with Gasteiger partial charge < -0.3 is 19.4 Å². The van der Waals surface area contributed by atoms with Crippen LogP contribution in [0, 0.1) is 19.8 Å². The maximum Gasteiger partial charge on any atom is 0.256 e. The number of fused-ring (bicyclic) bond motifs is 3. The number of carbonyl (C=O) groups is 2. The van der Waals surface area contributed by atoms with Crippen LogP contribution in [-0.2, 0) is 0 Å². The number of carbonyl (C=O) groups excluding carboxylic acids is 2. The molecule has 3 aromatic heterocycles. The number of benzene rings is 1. The number of amides is 2. The summed E-state index contributed by atoms with van der Waals surface area (Å²) in [6, 6.07) is 7.59. The summed E-state index contributed by atoms with van der Waals surface area (Å²) >= 11 is 0. The Morgan fingerprint density at radius 2 is 1.97 bits per heavy atom. The van der Waals surface area contributed by atoms with E-state index in [1.54, 1.807) is 36.8 Å².